The first-order valence-electron chi connectivity index (χ1n) is 7.95. The fourth-order valence-corrected chi connectivity index (χ4v) is 3.54. The minimum atomic E-state index is -1.01. The predicted molar refractivity (Wildman–Crippen MR) is 108 cm³/mol. The number of halogens is 2. The molecule has 0 radical (unpaired) electrons. The van der Waals surface area contributed by atoms with Gasteiger partial charge in [0.25, 0.3) is 11.8 Å². The molecule has 1 aliphatic rings. The number of para-hydroxylation sites is 1. The van der Waals surface area contributed by atoms with E-state index < -0.39 is 23.7 Å². The maximum absolute atomic E-state index is 14.1. The summed E-state index contributed by atoms with van der Waals surface area (Å²) < 4.78 is 25.3. The second-order valence-corrected chi connectivity index (χ2v) is 6.81. The zero-order valence-corrected chi connectivity index (χ0v) is 16.9. The topological polar surface area (TPSA) is 84.9 Å². The Bertz CT molecular complexity index is 1020. The summed E-state index contributed by atoms with van der Waals surface area (Å²) >= 11 is 2.03. The van der Waals surface area contributed by atoms with Crippen molar-refractivity contribution in [1.29, 1.82) is 0 Å². The van der Waals surface area contributed by atoms with Crippen molar-refractivity contribution in [3.8, 4) is 11.5 Å². The van der Waals surface area contributed by atoms with Gasteiger partial charge in [-0.2, -0.15) is 0 Å². The molecule has 0 aliphatic carbocycles. The third-order valence-electron chi connectivity index (χ3n) is 3.96. The van der Waals surface area contributed by atoms with Crippen molar-refractivity contribution in [3.05, 3.63) is 56.9 Å². The van der Waals surface area contributed by atoms with E-state index in [0.717, 1.165) is 6.07 Å². The van der Waals surface area contributed by atoms with Crippen molar-refractivity contribution in [2.24, 2.45) is 0 Å². The largest absolute Gasteiger partial charge is 0.493 e. The Balaban J connectivity index is 2.07. The van der Waals surface area contributed by atoms with Crippen molar-refractivity contribution in [2.75, 3.05) is 19.1 Å². The molecular weight excluding hydrogens is 482 g/mol. The molecule has 144 valence electrons. The van der Waals surface area contributed by atoms with E-state index in [0.29, 0.717) is 25.5 Å². The number of rotatable bonds is 4. The average molecular weight is 496 g/mol. The number of nitrogens with zero attached hydrogens (tertiary/aromatic N) is 1. The molecule has 1 N–H and O–H groups in total. The summed E-state index contributed by atoms with van der Waals surface area (Å²) in [4.78, 5) is 37.8. The lowest BCUT2D eigenvalue weighted by Gasteiger charge is -2.26. The number of anilines is 1. The molecule has 3 rings (SSSR count). The van der Waals surface area contributed by atoms with E-state index in [2.05, 4.69) is 5.32 Å². The highest BCUT2D eigenvalue weighted by molar-refractivity contribution is 14.1. The van der Waals surface area contributed by atoms with Crippen LogP contribution in [0.5, 0.6) is 11.5 Å². The molecule has 1 aliphatic heterocycles. The summed E-state index contributed by atoms with van der Waals surface area (Å²) in [6.07, 6.45) is 1.31. The average Bonchev–Trinajstić information content (AvgIpc) is 2.66. The fourth-order valence-electron chi connectivity index (χ4n) is 2.70. The van der Waals surface area contributed by atoms with Crippen molar-refractivity contribution in [1.82, 2.24) is 5.32 Å². The van der Waals surface area contributed by atoms with E-state index in [4.69, 9.17) is 9.47 Å². The van der Waals surface area contributed by atoms with Gasteiger partial charge in [-0.3, -0.25) is 14.9 Å². The number of benzene rings is 2. The Morgan fingerprint density at radius 1 is 1.11 bits per heavy atom. The maximum Gasteiger partial charge on any atom is 0.336 e. The first kappa shape index (κ1) is 19.8. The van der Waals surface area contributed by atoms with Crippen molar-refractivity contribution in [2.45, 2.75) is 0 Å². The van der Waals surface area contributed by atoms with Gasteiger partial charge >= 0.3 is 6.03 Å². The highest BCUT2D eigenvalue weighted by Gasteiger charge is 2.38. The third kappa shape index (κ3) is 3.57. The molecule has 0 bridgehead atoms. The van der Waals surface area contributed by atoms with Crippen LogP contribution in [0.25, 0.3) is 6.08 Å². The molecule has 0 spiro atoms. The number of hydrogen-bond donors (Lipinski definition) is 1. The molecule has 7 nitrogen and oxygen atoms in total. The van der Waals surface area contributed by atoms with Gasteiger partial charge in [-0.1, -0.05) is 12.1 Å². The van der Waals surface area contributed by atoms with Crippen LogP contribution in [0.2, 0.25) is 0 Å². The Labute approximate surface area is 173 Å². The summed E-state index contributed by atoms with van der Waals surface area (Å²) in [6.45, 7) is 0. The Morgan fingerprint density at radius 3 is 2.46 bits per heavy atom. The van der Waals surface area contributed by atoms with Gasteiger partial charge in [0.15, 0.2) is 11.5 Å². The van der Waals surface area contributed by atoms with Crippen molar-refractivity contribution < 1.29 is 28.2 Å². The highest BCUT2D eigenvalue weighted by Crippen LogP contribution is 2.34. The maximum atomic E-state index is 14.1. The molecule has 4 amide bonds. The number of hydrogen-bond acceptors (Lipinski definition) is 5. The number of carbonyl (C=O) groups excluding carboxylic acids is 3. The van der Waals surface area contributed by atoms with E-state index in [9.17, 15) is 18.8 Å². The summed E-state index contributed by atoms with van der Waals surface area (Å²) in [5, 5.41) is 2.06. The Morgan fingerprint density at radius 2 is 1.82 bits per heavy atom. The SMILES string of the molecule is COc1cc(C=C2C(=O)NC(=O)N(c3ccccc3F)C2=O)cc(I)c1OC. The highest BCUT2D eigenvalue weighted by atomic mass is 127. The summed E-state index contributed by atoms with van der Waals surface area (Å²) in [5.74, 6) is -1.64. The van der Waals surface area contributed by atoms with Gasteiger partial charge in [-0.25, -0.2) is 14.1 Å². The van der Waals surface area contributed by atoms with Gasteiger partial charge in [0.1, 0.15) is 11.4 Å². The molecular formula is C19H14FIN2O5. The van der Waals surface area contributed by atoms with Crippen LogP contribution in [0.1, 0.15) is 5.56 Å². The van der Waals surface area contributed by atoms with Gasteiger partial charge < -0.3 is 9.47 Å². The molecule has 0 aromatic heterocycles. The van der Waals surface area contributed by atoms with Gasteiger partial charge in [0.2, 0.25) is 0 Å². The molecule has 9 heteroatoms. The number of nitrogens with one attached hydrogen (secondary N) is 1. The molecule has 28 heavy (non-hydrogen) atoms. The minimum absolute atomic E-state index is 0.245. The number of carbonyl (C=O) groups is 3. The quantitative estimate of drug-likeness (QED) is 0.400. The second-order valence-electron chi connectivity index (χ2n) is 5.65. The lowest BCUT2D eigenvalue weighted by Crippen LogP contribution is -2.54. The molecule has 0 atom stereocenters. The van der Waals surface area contributed by atoms with Gasteiger partial charge in [0.05, 0.1) is 23.5 Å². The third-order valence-corrected chi connectivity index (χ3v) is 4.76. The predicted octanol–water partition coefficient (Wildman–Crippen LogP) is 3.11. The van der Waals surface area contributed by atoms with Gasteiger partial charge in [-0.15, -0.1) is 0 Å². The molecule has 1 saturated heterocycles. The van der Waals surface area contributed by atoms with Gasteiger partial charge in [-0.05, 0) is 58.5 Å². The zero-order valence-electron chi connectivity index (χ0n) is 14.8. The van der Waals surface area contributed by atoms with E-state index in [1.54, 1.807) is 12.1 Å². The number of methoxy groups -OCH3 is 2. The van der Waals surface area contributed by atoms with Crippen LogP contribution < -0.4 is 19.7 Å². The molecule has 1 heterocycles. The number of imide groups is 2. The number of ether oxygens (including phenoxy) is 2. The minimum Gasteiger partial charge on any atom is -0.493 e. The monoisotopic (exact) mass is 496 g/mol. The molecule has 1 fully saturated rings. The second kappa shape index (κ2) is 7.97. The van der Waals surface area contributed by atoms with Crippen LogP contribution in [0.4, 0.5) is 14.9 Å². The molecule has 0 unspecified atom stereocenters. The number of barbiturate groups is 1. The smallest absolute Gasteiger partial charge is 0.336 e. The zero-order chi connectivity index (χ0) is 20.4. The standard InChI is InChI=1S/C19H14FIN2O5/c1-27-15-9-10(8-13(21)16(15)28-2)7-11-17(24)22-19(26)23(18(11)25)14-6-4-3-5-12(14)20/h3-9H,1-2H3,(H,22,24,26). The van der Waals surface area contributed by atoms with Crippen LogP contribution in [-0.4, -0.2) is 32.1 Å². The molecule has 0 saturated carbocycles. The van der Waals surface area contributed by atoms with Crippen molar-refractivity contribution in [3.63, 3.8) is 0 Å². The molecule has 2 aromatic rings. The van der Waals surface area contributed by atoms with Crippen LogP contribution in [0, 0.1) is 9.39 Å². The van der Waals surface area contributed by atoms with Crippen LogP contribution in [-0.2, 0) is 9.59 Å². The van der Waals surface area contributed by atoms with E-state index in [1.807, 2.05) is 22.6 Å². The first-order valence-corrected chi connectivity index (χ1v) is 9.02. The normalized spacial score (nSPS) is 15.6. The lowest BCUT2D eigenvalue weighted by atomic mass is 10.1. The van der Waals surface area contributed by atoms with E-state index >= 15 is 0 Å². The summed E-state index contributed by atoms with van der Waals surface area (Å²) in [5.41, 5.74) is -0.0838. The molecule has 2 aromatic carbocycles. The first-order chi connectivity index (χ1) is 13.4. The van der Waals surface area contributed by atoms with Crippen LogP contribution in [0.15, 0.2) is 42.0 Å². The lowest BCUT2D eigenvalue weighted by molar-refractivity contribution is -0.122. The number of amides is 4. The summed E-state index contributed by atoms with van der Waals surface area (Å²) in [7, 11) is 2.95. The van der Waals surface area contributed by atoms with E-state index in [-0.39, 0.29) is 11.3 Å². The fraction of sp³-hybridized carbons (Fsp3) is 0.105. The van der Waals surface area contributed by atoms with Crippen LogP contribution >= 0.6 is 22.6 Å². The Hall–Kier alpha value is -2.95. The Kier molecular flexibility index (Phi) is 5.63. The summed E-state index contributed by atoms with van der Waals surface area (Å²) in [6, 6.07) is 7.55. The van der Waals surface area contributed by atoms with E-state index in [1.165, 1.54) is 38.5 Å². The number of urea groups is 1. The van der Waals surface area contributed by atoms with Gasteiger partial charge in [0, 0.05) is 0 Å². The van der Waals surface area contributed by atoms with Crippen molar-refractivity contribution >= 4 is 52.2 Å². The van der Waals surface area contributed by atoms with Crippen LogP contribution in [0.3, 0.4) is 0 Å².